The summed E-state index contributed by atoms with van der Waals surface area (Å²) in [4.78, 5) is 39.1. The molecule has 1 aromatic carbocycles. The maximum atomic E-state index is 13.9. The Morgan fingerprint density at radius 2 is 2.00 bits per heavy atom. The van der Waals surface area contributed by atoms with Crippen molar-refractivity contribution in [2.24, 2.45) is 0 Å². The van der Waals surface area contributed by atoms with Crippen molar-refractivity contribution in [3.63, 3.8) is 0 Å². The number of amides is 1. The minimum atomic E-state index is -1.51. The fourth-order valence-electron chi connectivity index (χ4n) is 3.20. The van der Waals surface area contributed by atoms with Crippen molar-refractivity contribution in [3.8, 4) is 5.75 Å². The van der Waals surface area contributed by atoms with Crippen LogP contribution in [0.15, 0.2) is 29.1 Å². The Balaban J connectivity index is 1.89. The number of H-pyrrole nitrogens is 1. The molecule has 1 atom stereocenters. The average molecular weight is 374 g/mol. The van der Waals surface area contributed by atoms with E-state index >= 15 is 0 Å². The third-order valence-corrected chi connectivity index (χ3v) is 4.61. The number of carboxylic acid groups (broad SMARTS) is 1. The van der Waals surface area contributed by atoms with E-state index < -0.39 is 29.3 Å². The van der Waals surface area contributed by atoms with Crippen LogP contribution in [0.25, 0.3) is 0 Å². The fourth-order valence-corrected chi connectivity index (χ4v) is 3.20. The van der Waals surface area contributed by atoms with Gasteiger partial charge in [0, 0.05) is 5.69 Å². The van der Waals surface area contributed by atoms with Crippen LogP contribution in [0.2, 0.25) is 0 Å². The molecule has 1 heterocycles. The number of aromatic nitrogens is 1. The third kappa shape index (κ3) is 3.84. The molecular weight excluding hydrogens is 355 g/mol. The zero-order valence-electron chi connectivity index (χ0n) is 14.7. The van der Waals surface area contributed by atoms with Gasteiger partial charge in [0.25, 0.3) is 11.5 Å². The second kappa shape index (κ2) is 7.61. The maximum absolute atomic E-state index is 13.9. The quantitative estimate of drug-likeness (QED) is 0.741. The first kappa shape index (κ1) is 18.6. The highest BCUT2D eigenvalue weighted by atomic mass is 19.1. The number of aliphatic carboxylic acids is 1. The van der Waals surface area contributed by atoms with Crippen LogP contribution in [0.4, 0.5) is 4.39 Å². The normalized spacial score (nSPS) is 14.1. The lowest BCUT2D eigenvalue weighted by Crippen LogP contribution is -2.37. The van der Waals surface area contributed by atoms with Crippen LogP contribution >= 0.6 is 0 Å². The highest BCUT2D eigenvalue weighted by Crippen LogP contribution is 2.23. The molecule has 1 aromatic heterocycles. The number of hydrogen-bond donors (Lipinski definition) is 3. The van der Waals surface area contributed by atoms with Gasteiger partial charge in [0.2, 0.25) is 0 Å². The van der Waals surface area contributed by atoms with Gasteiger partial charge in [-0.05, 0) is 55.0 Å². The van der Waals surface area contributed by atoms with Gasteiger partial charge < -0.3 is 20.1 Å². The Kier molecular flexibility index (Phi) is 5.25. The smallest absolute Gasteiger partial charge is 0.330 e. The van der Waals surface area contributed by atoms with E-state index in [0.29, 0.717) is 0 Å². The van der Waals surface area contributed by atoms with Crippen molar-refractivity contribution < 1.29 is 23.8 Å². The number of benzene rings is 1. The van der Waals surface area contributed by atoms with E-state index in [1.54, 1.807) is 0 Å². The van der Waals surface area contributed by atoms with Crippen molar-refractivity contribution in [1.29, 1.82) is 0 Å². The van der Waals surface area contributed by atoms with E-state index in [9.17, 15) is 23.9 Å². The van der Waals surface area contributed by atoms with Crippen molar-refractivity contribution in [2.45, 2.75) is 31.7 Å². The van der Waals surface area contributed by atoms with Crippen LogP contribution in [0.3, 0.4) is 0 Å². The summed E-state index contributed by atoms with van der Waals surface area (Å²) in [5.74, 6) is -2.99. The molecule has 0 saturated carbocycles. The number of pyridine rings is 1. The number of ether oxygens (including phenoxy) is 1. The van der Waals surface area contributed by atoms with Gasteiger partial charge in [-0.25, -0.2) is 9.18 Å². The summed E-state index contributed by atoms with van der Waals surface area (Å²) in [6.45, 7) is 0. The zero-order valence-corrected chi connectivity index (χ0v) is 14.7. The van der Waals surface area contributed by atoms with E-state index in [-0.39, 0.29) is 16.9 Å². The number of aromatic amines is 1. The summed E-state index contributed by atoms with van der Waals surface area (Å²) in [5.41, 5.74) is 1.00. The summed E-state index contributed by atoms with van der Waals surface area (Å²) < 4.78 is 18.7. The first-order valence-corrected chi connectivity index (χ1v) is 8.53. The minimum Gasteiger partial charge on any atom is -0.494 e. The molecule has 8 heteroatoms. The molecule has 0 fully saturated rings. The number of carboxylic acids is 1. The molecular formula is C19H19FN2O5. The lowest BCUT2D eigenvalue weighted by Gasteiger charge is -2.18. The van der Waals surface area contributed by atoms with Gasteiger partial charge in [-0.3, -0.25) is 9.59 Å². The predicted octanol–water partition coefficient (Wildman–Crippen LogP) is 1.96. The van der Waals surface area contributed by atoms with Gasteiger partial charge in [0.15, 0.2) is 17.6 Å². The highest BCUT2D eigenvalue weighted by Gasteiger charge is 2.26. The summed E-state index contributed by atoms with van der Waals surface area (Å²) in [7, 11) is 1.29. The number of methoxy groups -OCH3 is 1. The lowest BCUT2D eigenvalue weighted by atomic mass is 9.95. The Morgan fingerprint density at radius 1 is 1.26 bits per heavy atom. The summed E-state index contributed by atoms with van der Waals surface area (Å²) >= 11 is 0. The molecule has 1 unspecified atom stereocenters. The van der Waals surface area contributed by atoms with Crippen LogP contribution in [-0.4, -0.2) is 29.1 Å². The number of halogens is 1. The fraction of sp³-hybridized carbons (Fsp3) is 0.316. The Labute approximate surface area is 154 Å². The monoisotopic (exact) mass is 374 g/mol. The van der Waals surface area contributed by atoms with Gasteiger partial charge >= 0.3 is 5.97 Å². The summed E-state index contributed by atoms with van der Waals surface area (Å²) in [6.07, 6.45) is 3.43. The molecule has 27 heavy (non-hydrogen) atoms. The van der Waals surface area contributed by atoms with Crippen LogP contribution in [0, 0.1) is 5.82 Å². The number of hydrogen-bond acceptors (Lipinski definition) is 4. The highest BCUT2D eigenvalue weighted by molar-refractivity contribution is 5.96. The van der Waals surface area contributed by atoms with Crippen molar-refractivity contribution in [3.05, 3.63) is 62.8 Å². The number of rotatable bonds is 5. The van der Waals surface area contributed by atoms with E-state index in [1.807, 2.05) is 0 Å². The molecule has 2 aromatic rings. The van der Waals surface area contributed by atoms with E-state index in [2.05, 4.69) is 10.3 Å². The molecule has 7 nitrogen and oxygen atoms in total. The second-order valence-electron chi connectivity index (χ2n) is 6.36. The number of fused-ring (bicyclic) bond motifs is 1. The molecule has 142 valence electrons. The van der Waals surface area contributed by atoms with Gasteiger partial charge in [0.1, 0.15) is 5.56 Å². The third-order valence-electron chi connectivity index (χ3n) is 4.61. The Morgan fingerprint density at radius 3 is 2.67 bits per heavy atom. The Hall–Kier alpha value is -3.16. The first-order valence-electron chi connectivity index (χ1n) is 8.53. The van der Waals surface area contributed by atoms with Gasteiger partial charge in [-0.15, -0.1) is 0 Å². The minimum absolute atomic E-state index is 0.0311. The van der Waals surface area contributed by atoms with Gasteiger partial charge in [0.05, 0.1) is 7.11 Å². The Bertz CT molecular complexity index is 954. The molecule has 1 aliphatic rings. The maximum Gasteiger partial charge on any atom is 0.330 e. The molecule has 0 spiro atoms. The number of carbonyl (C=O) groups excluding carboxylic acids is 1. The molecule has 0 saturated heterocycles. The van der Waals surface area contributed by atoms with Crippen LogP contribution in [-0.2, 0) is 17.6 Å². The standard InChI is InChI=1S/C19H19FN2O5/c1-27-15-7-6-11(9-13(15)20)16(19(25)26)22-18(24)12-8-10-4-2-3-5-14(10)21-17(12)23/h6-9,16H,2-5H2,1H3,(H,21,23)(H,22,24)(H,25,26). The topological polar surface area (TPSA) is 108 Å². The van der Waals surface area contributed by atoms with Crippen LogP contribution < -0.4 is 15.6 Å². The molecule has 0 radical (unpaired) electrons. The molecule has 3 rings (SSSR count). The van der Waals surface area contributed by atoms with Crippen molar-refractivity contribution >= 4 is 11.9 Å². The lowest BCUT2D eigenvalue weighted by molar-refractivity contribution is -0.139. The van der Waals surface area contributed by atoms with E-state index in [0.717, 1.165) is 43.0 Å². The number of carbonyl (C=O) groups is 2. The summed E-state index contributed by atoms with van der Waals surface area (Å²) in [5, 5.41) is 11.7. The molecule has 0 aliphatic heterocycles. The second-order valence-corrected chi connectivity index (χ2v) is 6.36. The van der Waals surface area contributed by atoms with Crippen molar-refractivity contribution in [1.82, 2.24) is 10.3 Å². The van der Waals surface area contributed by atoms with Gasteiger partial charge in [-0.1, -0.05) is 6.07 Å². The van der Waals surface area contributed by atoms with Crippen LogP contribution in [0.1, 0.15) is 46.1 Å². The molecule has 3 N–H and O–H groups in total. The molecule has 1 amide bonds. The molecule has 0 bridgehead atoms. The average Bonchev–Trinajstić information content (AvgIpc) is 2.65. The predicted molar refractivity (Wildman–Crippen MR) is 94.5 cm³/mol. The largest absolute Gasteiger partial charge is 0.494 e. The van der Waals surface area contributed by atoms with Gasteiger partial charge in [-0.2, -0.15) is 0 Å². The first-order chi connectivity index (χ1) is 12.9. The van der Waals surface area contributed by atoms with E-state index in [1.165, 1.54) is 25.3 Å². The number of aryl methyl sites for hydroxylation is 2. The number of nitrogens with one attached hydrogen (secondary N) is 2. The zero-order chi connectivity index (χ0) is 19.6. The molecule has 1 aliphatic carbocycles. The SMILES string of the molecule is COc1ccc(C(NC(=O)c2cc3c([nH]c2=O)CCCC3)C(=O)O)cc1F. The van der Waals surface area contributed by atoms with Crippen LogP contribution in [0.5, 0.6) is 5.75 Å². The van der Waals surface area contributed by atoms with E-state index in [4.69, 9.17) is 4.74 Å². The summed E-state index contributed by atoms with van der Waals surface area (Å²) in [6, 6.07) is 3.61. The van der Waals surface area contributed by atoms with Crippen molar-refractivity contribution in [2.75, 3.05) is 7.11 Å².